The van der Waals surface area contributed by atoms with Crippen LogP contribution in [0.2, 0.25) is 5.02 Å². The highest BCUT2D eigenvalue weighted by Gasteiger charge is 2.33. The van der Waals surface area contributed by atoms with E-state index in [1.165, 1.54) is 12.1 Å². The minimum atomic E-state index is -4.58. The number of carbonyl (C=O) groups excluding carboxylic acids is 2. The van der Waals surface area contributed by atoms with Gasteiger partial charge in [0.1, 0.15) is 19.3 Å². The number of alkyl carbamates (subject to hydrolysis) is 1. The molecule has 4 aromatic rings. The number of nitrogens with one attached hydrogen (secondary N) is 1. The number of hydrogen-bond donors (Lipinski definition) is 1. The van der Waals surface area contributed by atoms with Crippen molar-refractivity contribution in [3.63, 3.8) is 0 Å². The predicted octanol–water partition coefficient (Wildman–Crippen LogP) is 7.94. The van der Waals surface area contributed by atoms with Gasteiger partial charge in [0.2, 0.25) is 0 Å². The SMILES string of the molecule is O=C(NC(CCc1ccc(C(F)(F)F)c(Cl)c1)C(=O)OCc1ccccc1)OCC1c2ccccc2-c2ccccc21. The van der Waals surface area contributed by atoms with E-state index in [0.29, 0.717) is 5.56 Å². The van der Waals surface area contributed by atoms with Crippen LogP contribution in [0.15, 0.2) is 97.1 Å². The predicted molar refractivity (Wildman–Crippen MR) is 153 cm³/mol. The van der Waals surface area contributed by atoms with Crippen molar-refractivity contribution in [3.05, 3.63) is 130 Å². The van der Waals surface area contributed by atoms with E-state index in [-0.39, 0.29) is 32.0 Å². The molecule has 1 N–H and O–H groups in total. The number of fused-ring (bicyclic) bond motifs is 3. The molecule has 5 rings (SSSR count). The van der Waals surface area contributed by atoms with Crippen LogP contribution < -0.4 is 5.32 Å². The number of alkyl halides is 3. The van der Waals surface area contributed by atoms with Crippen LogP contribution in [0.25, 0.3) is 11.1 Å². The lowest BCUT2D eigenvalue weighted by atomic mass is 9.98. The minimum Gasteiger partial charge on any atom is -0.459 e. The van der Waals surface area contributed by atoms with Crippen molar-refractivity contribution in [1.29, 1.82) is 0 Å². The molecule has 216 valence electrons. The van der Waals surface area contributed by atoms with Crippen LogP contribution in [-0.4, -0.2) is 24.7 Å². The second-order valence-corrected chi connectivity index (χ2v) is 10.4. The maximum absolute atomic E-state index is 13.1. The molecule has 5 nitrogen and oxygen atoms in total. The van der Waals surface area contributed by atoms with Gasteiger partial charge < -0.3 is 14.8 Å². The number of rotatable bonds is 9. The van der Waals surface area contributed by atoms with E-state index in [9.17, 15) is 22.8 Å². The molecule has 0 radical (unpaired) electrons. The average Bonchev–Trinajstić information content (AvgIpc) is 3.30. The van der Waals surface area contributed by atoms with E-state index >= 15 is 0 Å². The Balaban J connectivity index is 1.26. The van der Waals surface area contributed by atoms with E-state index in [4.69, 9.17) is 21.1 Å². The monoisotopic (exact) mass is 593 g/mol. The van der Waals surface area contributed by atoms with Crippen molar-refractivity contribution in [2.45, 2.75) is 37.6 Å². The van der Waals surface area contributed by atoms with E-state index in [1.54, 1.807) is 12.1 Å². The highest BCUT2D eigenvalue weighted by molar-refractivity contribution is 6.31. The fourth-order valence-electron chi connectivity index (χ4n) is 5.12. The number of carbonyl (C=O) groups is 2. The second kappa shape index (κ2) is 12.7. The molecule has 0 heterocycles. The van der Waals surface area contributed by atoms with Gasteiger partial charge in [-0.25, -0.2) is 9.59 Å². The molecule has 0 fully saturated rings. The number of hydrogen-bond acceptors (Lipinski definition) is 4. The lowest BCUT2D eigenvalue weighted by molar-refractivity contribution is -0.147. The van der Waals surface area contributed by atoms with Gasteiger partial charge in [-0.05, 0) is 58.4 Å². The first-order valence-electron chi connectivity index (χ1n) is 13.4. The molecule has 1 amide bonds. The number of aryl methyl sites for hydroxylation is 1. The average molecular weight is 594 g/mol. The van der Waals surface area contributed by atoms with Crippen LogP contribution in [0, 0.1) is 0 Å². The molecule has 0 spiro atoms. The number of esters is 1. The third-order valence-electron chi connectivity index (χ3n) is 7.20. The van der Waals surface area contributed by atoms with Gasteiger partial charge in [-0.1, -0.05) is 96.5 Å². The summed E-state index contributed by atoms with van der Waals surface area (Å²) in [6.07, 6.45) is -5.17. The fraction of sp³-hybridized carbons (Fsp3) is 0.212. The highest BCUT2D eigenvalue weighted by atomic mass is 35.5. The summed E-state index contributed by atoms with van der Waals surface area (Å²) in [6, 6.07) is 27.2. The number of amides is 1. The van der Waals surface area contributed by atoms with E-state index in [0.717, 1.165) is 33.9 Å². The summed E-state index contributed by atoms with van der Waals surface area (Å²) in [7, 11) is 0. The van der Waals surface area contributed by atoms with Gasteiger partial charge in [0.25, 0.3) is 0 Å². The quantitative estimate of drug-likeness (QED) is 0.200. The summed E-state index contributed by atoms with van der Waals surface area (Å²) in [5, 5.41) is 2.16. The molecule has 0 aromatic heterocycles. The third kappa shape index (κ3) is 6.77. The smallest absolute Gasteiger partial charge is 0.417 e. The lowest BCUT2D eigenvalue weighted by Gasteiger charge is -2.19. The van der Waals surface area contributed by atoms with Crippen molar-refractivity contribution in [3.8, 4) is 11.1 Å². The Bertz CT molecular complexity index is 1530. The molecule has 0 bridgehead atoms. The molecule has 1 aliphatic rings. The number of ether oxygens (including phenoxy) is 2. The van der Waals surface area contributed by atoms with Gasteiger partial charge in [-0.3, -0.25) is 0 Å². The van der Waals surface area contributed by atoms with Crippen molar-refractivity contribution in [1.82, 2.24) is 5.32 Å². The number of benzene rings is 4. The Morgan fingerprint density at radius 3 is 2.05 bits per heavy atom. The Hall–Kier alpha value is -4.30. The fourth-order valence-corrected chi connectivity index (χ4v) is 5.43. The largest absolute Gasteiger partial charge is 0.459 e. The van der Waals surface area contributed by atoms with Gasteiger partial charge in [0, 0.05) is 5.92 Å². The van der Waals surface area contributed by atoms with Gasteiger partial charge in [0.15, 0.2) is 0 Å². The van der Waals surface area contributed by atoms with Crippen molar-refractivity contribution >= 4 is 23.7 Å². The molecule has 4 aromatic carbocycles. The van der Waals surface area contributed by atoms with Gasteiger partial charge in [-0.2, -0.15) is 13.2 Å². The summed E-state index contributed by atoms with van der Waals surface area (Å²) in [5.74, 6) is -0.855. The van der Waals surface area contributed by atoms with Crippen LogP contribution in [0.5, 0.6) is 0 Å². The summed E-state index contributed by atoms with van der Waals surface area (Å²) in [5.41, 5.74) is 4.56. The molecular formula is C33H27ClF3NO4. The van der Waals surface area contributed by atoms with Crippen molar-refractivity contribution < 1.29 is 32.2 Å². The van der Waals surface area contributed by atoms with Gasteiger partial charge in [-0.15, -0.1) is 0 Å². The van der Waals surface area contributed by atoms with Crippen LogP contribution in [0.1, 0.15) is 40.2 Å². The first-order chi connectivity index (χ1) is 20.2. The number of halogens is 4. The lowest BCUT2D eigenvalue weighted by Crippen LogP contribution is -2.42. The molecule has 9 heteroatoms. The van der Waals surface area contributed by atoms with E-state index in [2.05, 4.69) is 5.32 Å². The summed E-state index contributed by atoms with van der Waals surface area (Å²) >= 11 is 5.87. The third-order valence-corrected chi connectivity index (χ3v) is 7.52. The normalized spacial score (nSPS) is 13.1. The molecule has 0 saturated carbocycles. The summed E-state index contributed by atoms with van der Waals surface area (Å²) in [6.45, 7) is 0.0504. The van der Waals surface area contributed by atoms with Crippen LogP contribution >= 0.6 is 11.6 Å². The molecule has 0 aliphatic heterocycles. The molecule has 42 heavy (non-hydrogen) atoms. The topological polar surface area (TPSA) is 64.6 Å². The van der Waals surface area contributed by atoms with Crippen LogP contribution in [-0.2, 0) is 33.5 Å². The maximum Gasteiger partial charge on any atom is 0.417 e. The zero-order valence-corrected chi connectivity index (χ0v) is 23.1. The molecule has 0 saturated heterocycles. The van der Waals surface area contributed by atoms with E-state index in [1.807, 2.05) is 66.7 Å². The first-order valence-corrected chi connectivity index (χ1v) is 13.8. The Morgan fingerprint density at radius 2 is 1.43 bits per heavy atom. The first kappa shape index (κ1) is 29.2. The molecule has 1 aliphatic carbocycles. The van der Waals surface area contributed by atoms with Crippen LogP contribution in [0.4, 0.5) is 18.0 Å². The van der Waals surface area contributed by atoms with Crippen molar-refractivity contribution in [2.75, 3.05) is 6.61 Å². The minimum absolute atomic E-state index is 0.00531. The Morgan fingerprint density at radius 1 is 0.810 bits per heavy atom. The molecule has 1 unspecified atom stereocenters. The molecular weight excluding hydrogens is 567 g/mol. The standard InChI is InChI=1S/C33H27ClF3NO4/c34-29-18-21(14-16-28(29)33(35,36)37)15-17-30(31(39)41-19-22-8-2-1-3-9-22)38-32(40)42-20-27-25-12-6-4-10-23(25)24-11-5-7-13-26(24)27/h1-14,16,18,27,30H,15,17,19-20H2,(H,38,40). The Labute approximate surface area is 246 Å². The van der Waals surface area contributed by atoms with Gasteiger partial charge in [0.05, 0.1) is 10.6 Å². The van der Waals surface area contributed by atoms with E-state index < -0.39 is 34.9 Å². The second-order valence-electron chi connectivity index (χ2n) is 9.97. The molecule has 1 atom stereocenters. The van der Waals surface area contributed by atoms with Gasteiger partial charge >= 0.3 is 18.2 Å². The van der Waals surface area contributed by atoms with Crippen molar-refractivity contribution in [2.24, 2.45) is 0 Å². The summed E-state index contributed by atoms with van der Waals surface area (Å²) in [4.78, 5) is 26.0. The Kier molecular flexibility index (Phi) is 8.83. The zero-order chi connectivity index (χ0) is 29.7. The maximum atomic E-state index is 13.1. The zero-order valence-electron chi connectivity index (χ0n) is 22.4. The summed E-state index contributed by atoms with van der Waals surface area (Å²) < 4.78 is 50.4. The van der Waals surface area contributed by atoms with Crippen LogP contribution in [0.3, 0.4) is 0 Å². The highest BCUT2D eigenvalue weighted by Crippen LogP contribution is 2.44.